The van der Waals surface area contributed by atoms with Crippen molar-refractivity contribution in [3.8, 4) is 0 Å². The molecular weight excluding hydrogens is 913 g/mol. The van der Waals surface area contributed by atoms with E-state index in [0.29, 0.717) is 5.41 Å². The third kappa shape index (κ3) is 19.2. The number of hydrogen-bond acceptors (Lipinski definition) is 0. The van der Waals surface area contributed by atoms with Gasteiger partial charge >= 0.3 is 0 Å². The second-order valence-electron chi connectivity index (χ2n) is 27.0. The molecule has 0 unspecified atom stereocenters. The zero-order chi connectivity index (χ0) is 54.8. The van der Waals surface area contributed by atoms with E-state index in [-0.39, 0.29) is 5.41 Å². The van der Waals surface area contributed by atoms with Crippen molar-refractivity contribution < 1.29 is 0 Å². The monoisotopic (exact) mass is 1020 g/mol. The van der Waals surface area contributed by atoms with Crippen LogP contribution in [0.1, 0.15) is 220 Å². The molecule has 10 rings (SSSR count). The zero-order valence-corrected chi connectivity index (χ0v) is 51.0. The Morgan fingerprint density at radius 2 is 0.684 bits per heavy atom. The molecule has 4 aliphatic rings. The Bertz CT molecular complexity index is 2400. The standard InChI is InChI=1S/C17H32.C17H20.C15H28.C15H16.C12H12/c2*1-13-5-9-15(10-6-13)17(3,4)16-11-7-14(2)8-12-16;2*1-12-3-7-14(8-4-12)11-15-9-5-13(2)6-10-15;1-9-6-7-12-10(2)4-3-5-11(12)8-9/h13-16H,5-12H2,1-4H3;5-12H,1-4H3;12-15H,3-11H2,1-2H3;3-10H,11H2,1-2H3;3-8H,1-2H3. The highest BCUT2D eigenvalue weighted by molar-refractivity contribution is 5.86. The lowest BCUT2D eigenvalue weighted by atomic mass is 9.59. The Hall–Kier alpha value is -4.42. The predicted octanol–water partition coefficient (Wildman–Crippen LogP) is 22.7. The van der Waals surface area contributed by atoms with Gasteiger partial charge in [0.15, 0.2) is 0 Å². The van der Waals surface area contributed by atoms with E-state index in [0.717, 1.165) is 53.8 Å². The third-order valence-electron chi connectivity index (χ3n) is 19.5. The SMILES string of the molecule is CC1CCC(C(C)(C)C2CCC(C)CC2)CC1.CC1CCC(CC2CCC(C)CC2)CC1.Cc1ccc(C(C)(C)c2ccc(C)cc2)cc1.Cc1ccc(Cc2ccc(C)cc2)cc1.Cc1ccc2c(C)cccc2c1. The summed E-state index contributed by atoms with van der Waals surface area (Å²) in [5, 5.41) is 2.71. The van der Waals surface area contributed by atoms with Crippen molar-refractivity contribution >= 4 is 10.8 Å². The Labute approximate surface area is 468 Å². The predicted molar refractivity (Wildman–Crippen MR) is 336 cm³/mol. The number of benzene rings is 6. The van der Waals surface area contributed by atoms with Gasteiger partial charge in [0.05, 0.1) is 0 Å². The largest absolute Gasteiger partial charge is 0.0625 e. The molecule has 4 fully saturated rings. The smallest absolute Gasteiger partial charge is 0.0146 e. The molecule has 0 nitrogen and oxygen atoms in total. The van der Waals surface area contributed by atoms with Gasteiger partial charge in [0.2, 0.25) is 0 Å². The van der Waals surface area contributed by atoms with Crippen LogP contribution in [0.3, 0.4) is 0 Å². The maximum atomic E-state index is 2.58. The summed E-state index contributed by atoms with van der Waals surface area (Å²) < 4.78 is 0. The summed E-state index contributed by atoms with van der Waals surface area (Å²) in [5.41, 5.74) is 14.1. The highest BCUT2D eigenvalue weighted by atomic mass is 14.4. The van der Waals surface area contributed by atoms with E-state index in [1.807, 2.05) is 0 Å². The molecule has 76 heavy (non-hydrogen) atoms. The van der Waals surface area contributed by atoms with Crippen LogP contribution in [-0.4, -0.2) is 0 Å². The van der Waals surface area contributed by atoms with Crippen molar-refractivity contribution in [1.82, 2.24) is 0 Å². The number of aryl methyl sites for hydroxylation is 6. The molecule has 0 amide bonds. The summed E-state index contributed by atoms with van der Waals surface area (Å²) in [6.45, 7) is 32.2. The van der Waals surface area contributed by atoms with E-state index >= 15 is 0 Å². The summed E-state index contributed by atoms with van der Waals surface area (Å²) in [6.07, 6.45) is 26.7. The summed E-state index contributed by atoms with van der Waals surface area (Å²) in [5.74, 6) is 8.25. The van der Waals surface area contributed by atoms with E-state index in [2.05, 4.69) is 230 Å². The number of hydrogen-bond donors (Lipinski definition) is 0. The second-order valence-corrected chi connectivity index (χ2v) is 27.0. The van der Waals surface area contributed by atoms with Crippen molar-refractivity contribution in [2.24, 2.45) is 52.8 Å². The minimum absolute atomic E-state index is 0.0708. The van der Waals surface area contributed by atoms with Gasteiger partial charge in [-0.05, 0) is 171 Å². The van der Waals surface area contributed by atoms with Gasteiger partial charge in [0.25, 0.3) is 0 Å². The lowest BCUT2D eigenvalue weighted by Gasteiger charge is -2.46. The molecule has 0 saturated heterocycles. The average Bonchev–Trinajstić information content (AvgIpc) is 3.40. The van der Waals surface area contributed by atoms with Gasteiger partial charge in [-0.1, -0.05) is 294 Å². The number of fused-ring (bicyclic) bond motifs is 1. The molecule has 4 saturated carbocycles. The van der Waals surface area contributed by atoms with Crippen LogP contribution in [-0.2, 0) is 11.8 Å². The molecule has 0 radical (unpaired) electrons. The van der Waals surface area contributed by atoms with Crippen molar-refractivity contribution in [3.63, 3.8) is 0 Å². The molecule has 4 aliphatic carbocycles. The summed E-state index contributed by atoms with van der Waals surface area (Å²) in [6, 6.07) is 48.2. The van der Waals surface area contributed by atoms with Crippen LogP contribution in [0.4, 0.5) is 0 Å². The fraction of sp³-hybridized carbons (Fsp3) is 0.553. The van der Waals surface area contributed by atoms with Gasteiger partial charge in [0.1, 0.15) is 0 Å². The highest BCUT2D eigenvalue weighted by Gasteiger charge is 2.39. The quantitative estimate of drug-likeness (QED) is 0.143. The van der Waals surface area contributed by atoms with E-state index in [9.17, 15) is 0 Å². The molecule has 6 aromatic carbocycles. The van der Waals surface area contributed by atoms with Crippen LogP contribution in [0.15, 0.2) is 133 Å². The van der Waals surface area contributed by atoms with Crippen LogP contribution in [0.2, 0.25) is 0 Å². The molecule has 412 valence electrons. The lowest BCUT2D eigenvalue weighted by molar-refractivity contribution is 0.0421. The van der Waals surface area contributed by atoms with Crippen LogP contribution in [0.25, 0.3) is 10.8 Å². The lowest BCUT2D eigenvalue weighted by Crippen LogP contribution is -2.36. The van der Waals surface area contributed by atoms with Crippen molar-refractivity contribution in [2.45, 2.75) is 218 Å². The van der Waals surface area contributed by atoms with Crippen LogP contribution < -0.4 is 0 Å². The van der Waals surface area contributed by atoms with Gasteiger partial charge in [-0.3, -0.25) is 0 Å². The van der Waals surface area contributed by atoms with Gasteiger partial charge in [-0.2, -0.15) is 0 Å². The first-order chi connectivity index (χ1) is 36.2. The van der Waals surface area contributed by atoms with Gasteiger partial charge in [0, 0.05) is 5.41 Å². The van der Waals surface area contributed by atoms with Crippen LogP contribution in [0, 0.1) is 94.3 Å². The van der Waals surface area contributed by atoms with Crippen molar-refractivity contribution in [2.75, 3.05) is 0 Å². The van der Waals surface area contributed by atoms with Crippen LogP contribution in [0.5, 0.6) is 0 Å². The summed E-state index contributed by atoms with van der Waals surface area (Å²) >= 11 is 0. The normalized spacial score (nSPS) is 23.7. The van der Waals surface area contributed by atoms with Crippen LogP contribution >= 0.6 is 0 Å². The first-order valence-corrected chi connectivity index (χ1v) is 31.0. The minimum Gasteiger partial charge on any atom is -0.0625 e. The number of rotatable bonds is 8. The molecule has 6 aromatic rings. The molecule has 0 heterocycles. The molecule has 0 atom stereocenters. The first-order valence-electron chi connectivity index (χ1n) is 31.0. The highest BCUT2D eigenvalue weighted by Crippen LogP contribution is 2.50. The van der Waals surface area contributed by atoms with Gasteiger partial charge in [-0.25, -0.2) is 0 Å². The minimum atomic E-state index is 0.0708. The van der Waals surface area contributed by atoms with E-state index in [4.69, 9.17) is 0 Å². The molecular formula is C76H108. The third-order valence-corrected chi connectivity index (χ3v) is 19.5. The van der Waals surface area contributed by atoms with Gasteiger partial charge in [-0.15, -0.1) is 0 Å². The Balaban J connectivity index is 0.000000155. The summed E-state index contributed by atoms with van der Waals surface area (Å²) in [7, 11) is 0. The van der Waals surface area contributed by atoms with E-state index in [1.165, 1.54) is 169 Å². The molecule has 0 aliphatic heterocycles. The molecule has 0 N–H and O–H groups in total. The topological polar surface area (TPSA) is 0 Å². The Kier molecular flexibility index (Phi) is 23.6. The molecule has 0 spiro atoms. The average molecular weight is 1020 g/mol. The zero-order valence-electron chi connectivity index (χ0n) is 51.0. The second kappa shape index (κ2) is 29.5. The fourth-order valence-corrected chi connectivity index (χ4v) is 13.3. The van der Waals surface area contributed by atoms with Crippen molar-refractivity contribution in [1.29, 1.82) is 0 Å². The first kappa shape index (κ1) is 60.8. The summed E-state index contributed by atoms with van der Waals surface area (Å²) in [4.78, 5) is 0. The molecule has 0 bridgehead atoms. The fourth-order valence-electron chi connectivity index (χ4n) is 13.3. The Morgan fingerprint density at radius 3 is 1.05 bits per heavy atom. The van der Waals surface area contributed by atoms with E-state index < -0.39 is 0 Å². The Morgan fingerprint density at radius 1 is 0.355 bits per heavy atom. The molecule has 0 heteroatoms. The van der Waals surface area contributed by atoms with Gasteiger partial charge < -0.3 is 0 Å². The maximum absolute atomic E-state index is 2.58. The maximum Gasteiger partial charge on any atom is 0.0146 e. The van der Waals surface area contributed by atoms with Crippen molar-refractivity contribution in [3.05, 3.63) is 189 Å². The van der Waals surface area contributed by atoms with E-state index in [1.54, 1.807) is 6.42 Å². The molecule has 0 aromatic heterocycles.